The molecule has 0 spiro atoms. The van der Waals surface area contributed by atoms with E-state index in [4.69, 9.17) is 4.74 Å². The first-order chi connectivity index (χ1) is 5.25. The highest BCUT2D eigenvalue weighted by atomic mass is 16.5. The van der Waals surface area contributed by atoms with Gasteiger partial charge in [-0.25, -0.2) is 0 Å². The number of rotatable bonds is 2. The molecule has 0 saturated heterocycles. The molecular weight excluding hydrogens is 140 g/mol. The van der Waals surface area contributed by atoms with E-state index in [-0.39, 0.29) is 0 Å². The van der Waals surface area contributed by atoms with Crippen molar-refractivity contribution in [1.29, 1.82) is 0 Å². The van der Waals surface area contributed by atoms with Crippen LogP contribution in [0.25, 0.3) is 0 Å². The maximum Gasteiger partial charge on any atom is 0.298 e. The second kappa shape index (κ2) is 3.19. The van der Waals surface area contributed by atoms with Gasteiger partial charge < -0.3 is 4.74 Å². The van der Waals surface area contributed by atoms with Crippen molar-refractivity contribution in [2.45, 2.75) is 13.8 Å². The summed E-state index contributed by atoms with van der Waals surface area (Å²) in [4.78, 5) is 10.0. The third kappa shape index (κ3) is 1.58. The van der Waals surface area contributed by atoms with Crippen LogP contribution in [0.3, 0.4) is 0 Å². The quantitative estimate of drug-likeness (QED) is 0.601. The van der Waals surface area contributed by atoms with Gasteiger partial charge in [0.05, 0.1) is 0 Å². The minimum atomic E-state index is 0.446. The molecule has 0 amide bonds. The number of carbonyl (C=O) groups is 1. The zero-order valence-electron chi connectivity index (χ0n) is 6.63. The molecule has 0 atom stereocenters. The molecule has 0 heterocycles. The Morgan fingerprint density at radius 2 is 2.09 bits per heavy atom. The molecule has 2 nitrogen and oxygen atoms in total. The summed E-state index contributed by atoms with van der Waals surface area (Å²) < 4.78 is 4.74. The lowest BCUT2D eigenvalue weighted by Gasteiger charge is -2.04. The molecule has 0 radical (unpaired) electrons. The smallest absolute Gasteiger partial charge is 0.298 e. The fourth-order valence-corrected chi connectivity index (χ4v) is 0.904. The predicted octanol–water partition coefficient (Wildman–Crippen LogP) is 1.84. The molecule has 0 saturated carbocycles. The SMILES string of the molecule is Cc1cccc(OC=O)c1C. The summed E-state index contributed by atoms with van der Waals surface area (Å²) in [5, 5.41) is 0. The van der Waals surface area contributed by atoms with E-state index in [2.05, 4.69) is 0 Å². The second-order valence-corrected chi connectivity index (χ2v) is 2.41. The van der Waals surface area contributed by atoms with Crippen molar-refractivity contribution < 1.29 is 9.53 Å². The Hall–Kier alpha value is -1.31. The third-order valence-corrected chi connectivity index (χ3v) is 1.73. The molecule has 58 valence electrons. The summed E-state index contributed by atoms with van der Waals surface area (Å²) in [6.07, 6.45) is 0. The van der Waals surface area contributed by atoms with Crippen LogP contribution in [-0.4, -0.2) is 6.47 Å². The van der Waals surface area contributed by atoms with Crippen molar-refractivity contribution in [2.24, 2.45) is 0 Å². The van der Waals surface area contributed by atoms with Crippen molar-refractivity contribution in [3.05, 3.63) is 29.3 Å². The zero-order chi connectivity index (χ0) is 8.27. The lowest BCUT2D eigenvalue weighted by Crippen LogP contribution is -1.92. The molecule has 0 aliphatic heterocycles. The van der Waals surface area contributed by atoms with E-state index in [9.17, 15) is 4.79 Å². The first-order valence-corrected chi connectivity index (χ1v) is 3.42. The average molecular weight is 150 g/mol. The zero-order valence-corrected chi connectivity index (χ0v) is 6.63. The number of aryl methyl sites for hydroxylation is 1. The average Bonchev–Trinajstić information content (AvgIpc) is 1.99. The van der Waals surface area contributed by atoms with Crippen LogP contribution in [-0.2, 0) is 4.79 Å². The molecule has 1 rings (SSSR count). The topological polar surface area (TPSA) is 26.3 Å². The summed E-state index contributed by atoms with van der Waals surface area (Å²) in [5.41, 5.74) is 2.14. The van der Waals surface area contributed by atoms with Crippen molar-refractivity contribution in [2.75, 3.05) is 0 Å². The fraction of sp³-hybridized carbons (Fsp3) is 0.222. The van der Waals surface area contributed by atoms with Gasteiger partial charge in [-0.3, -0.25) is 4.79 Å². The van der Waals surface area contributed by atoms with E-state index in [1.54, 1.807) is 6.07 Å². The van der Waals surface area contributed by atoms with Crippen LogP contribution in [0.2, 0.25) is 0 Å². The minimum Gasteiger partial charge on any atom is -0.428 e. The Morgan fingerprint density at radius 3 is 2.73 bits per heavy atom. The molecule has 0 bridgehead atoms. The van der Waals surface area contributed by atoms with Crippen molar-refractivity contribution >= 4 is 6.47 Å². The largest absolute Gasteiger partial charge is 0.428 e. The Balaban J connectivity index is 3.05. The molecular formula is C9H10O2. The van der Waals surface area contributed by atoms with Crippen molar-refractivity contribution in [1.82, 2.24) is 0 Å². The van der Waals surface area contributed by atoms with Crippen molar-refractivity contribution in [3.63, 3.8) is 0 Å². The molecule has 0 aliphatic carbocycles. The van der Waals surface area contributed by atoms with Gasteiger partial charge in [0, 0.05) is 0 Å². The fourth-order valence-electron chi connectivity index (χ4n) is 0.904. The van der Waals surface area contributed by atoms with Gasteiger partial charge in [-0.05, 0) is 31.0 Å². The van der Waals surface area contributed by atoms with Crippen LogP contribution in [0.5, 0.6) is 5.75 Å². The summed E-state index contributed by atoms with van der Waals surface area (Å²) in [6, 6.07) is 5.62. The number of carbonyl (C=O) groups excluding carboxylic acids is 1. The van der Waals surface area contributed by atoms with Gasteiger partial charge in [0.15, 0.2) is 0 Å². The monoisotopic (exact) mass is 150 g/mol. The summed E-state index contributed by atoms with van der Waals surface area (Å²) >= 11 is 0. The lowest BCUT2D eigenvalue weighted by atomic mass is 10.1. The van der Waals surface area contributed by atoms with E-state index < -0.39 is 0 Å². The van der Waals surface area contributed by atoms with E-state index in [0.29, 0.717) is 12.2 Å². The molecule has 2 heteroatoms. The molecule has 11 heavy (non-hydrogen) atoms. The lowest BCUT2D eigenvalue weighted by molar-refractivity contribution is -0.120. The summed E-state index contributed by atoms with van der Waals surface area (Å²) in [7, 11) is 0. The van der Waals surface area contributed by atoms with Crippen LogP contribution in [0.4, 0.5) is 0 Å². The maximum absolute atomic E-state index is 10.0. The standard InChI is InChI=1S/C9H10O2/c1-7-4-3-5-9(8(7)2)11-6-10/h3-6H,1-2H3. The highest BCUT2D eigenvalue weighted by Crippen LogP contribution is 2.19. The Morgan fingerprint density at radius 1 is 1.36 bits per heavy atom. The van der Waals surface area contributed by atoms with Crippen LogP contribution >= 0.6 is 0 Å². The van der Waals surface area contributed by atoms with Crippen LogP contribution in [0, 0.1) is 13.8 Å². The number of hydrogen-bond acceptors (Lipinski definition) is 2. The van der Waals surface area contributed by atoms with Gasteiger partial charge in [0.2, 0.25) is 0 Å². The predicted molar refractivity (Wildman–Crippen MR) is 42.6 cm³/mol. The summed E-state index contributed by atoms with van der Waals surface area (Å²) in [6.45, 7) is 4.35. The van der Waals surface area contributed by atoms with Gasteiger partial charge in [-0.1, -0.05) is 12.1 Å². The van der Waals surface area contributed by atoms with Gasteiger partial charge in [0.1, 0.15) is 5.75 Å². The number of ether oxygens (including phenoxy) is 1. The van der Waals surface area contributed by atoms with E-state index in [1.807, 2.05) is 26.0 Å². The van der Waals surface area contributed by atoms with E-state index in [0.717, 1.165) is 11.1 Å². The molecule has 1 aromatic carbocycles. The normalized spacial score (nSPS) is 9.27. The highest BCUT2D eigenvalue weighted by Gasteiger charge is 1.99. The van der Waals surface area contributed by atoms with Crippen LogP contribution in [0.1, 0.15) is 11.1 Å². The van der Waals surface area contributed by atoms with Crippen LogP contribution in [0.15, 0.2) is 18.2 Å². The molecule has 0 fully saturated rings. The molecule has 0 aliphatic rings. The Kier molecular flexibility index (Phi) is 2.26. The molecule has 0 N–H and O–H groups in total. The van der Waals surface area contributed by atoms with Gasteiger partial charge in [0.25, 0.3) is 6.47 Å². The van der Waals surface area contributed by atoms with Gasteiger partial charge in [-0.15, -0.1) is 0 Å². The first kappa shape index (κ1) is 7.79. The third-order valence-electron chi connectivity index (χ3n) is 1.73. The van der Waals surface area contributed by atoms with Gasteiger partial charge >= 0.3 is 0 Å². The second-order valence-electron chi connectivity index (χ2n) is 2.41. The first-order valence-electron chi connectivity index (χ1n) is 3.42. The summed E-state index contributed by atoms with van der Waals surface area (Å²) in [5.74, 6) is 0.639. The number of benzene rings is 1. The minimum absolute atomic E-state index is 0.446. The van der Waals surface area contributed by atoms with Gasteiger partial charge in [-0.2, -0.15) is 0 Å². The van der Waals surface area contributed by atoms with Crippen molar-refractivity contribution in [3.8, 4) is 5.75 Å². The Bertz CT molecular complexity index is 266. The molecule has 0 aromatic heterocycles. The van der Waals surface area contributed by atoms with Crippen LogP contribution < -0.4 is 4.74 Å². The molecule has 0 unspecified atom stereocenters. The van der Waals surface area contributed by atoms with E-state index >= 15 is 0 Å². The maximum atomic E-state index is 10.0. The molecule has 1 aromatic rings. The number of hydrogen-bond donors (Lipinski definition) is 0. The highest BCUT2D eigenvalue weighted by molar-refractivity contribution is 5.49. The van der Waals surface area contributed by atoms with E-state index in [1.165, 1.54) is 0 Å². The Labute approximate surface area is 65.8 Å².